The second-order valence-corrected chi connectivity index (χ2v) is 9.96. The molecule has 3 aromatic rings. The number of nitrogens with zero attached hydrogens (tertiary/aromatic N) is 1. The molecule has 3 fully saturated rings. The lowest BCUT2D eigenvalue weighted by Crippen LogP contribution is -2.26. The van der Waals surface area contributed by atoms with Gasteiger partial charge in [-0.3, -0.25) is 4.90 Å². The number of carbonyl (C=O) groups is 1. The molecule has 0 amide bonds. The lowest BCUT2D eigenvalue weighted by atomic mass is 9.88. The first kappa shape index (κ1) is 19.1. The van der Waals surface area contributed by atoms with Crippen LogP contribution >= 0.6 is 0 Å². The molecule has 1 aliphatic heterocycles. The maximum Gasteiger partial charge on any atom is 0.335 e. The van der Waals surface area contributed by atoms with E-state index in [1.54, 1.807) is 17.7 Å². The molecule has 1 aromatic heterocycles. The summed E-state index contributed by atoms with van der Waals surface area (Å²) in [6.07, 6.45) is 8.65. The van der Waals surface area contributed by atoms with Crippen LogP contribution in [-0.2, 0) is 6.54 Å². The number of H-pyrrole nitrogens is 1. The van der Waals surface area contributed by atoms with Crippen molar-refractivity contribution in [3.63, 3.8) is 0 Å². The first-order valence-electron chi connectivity index (χ1n) is 11.8. The van der Waals surface area contributed by atoms with E-state index < -0.39 is 5.97 Å². The Kier molecular flexibility index (Phi) is 4.46. The van der Waals surface area contributed by atoms with E-state index in [1.807, 2.05) is 0 Å². The number of likely N-dealkylation sites (tertiary alicyclic amines) is 1. The highest BCUT2D eigenvalue weighted by molar-refractivity contribution is 5.88. The van der Waals surface area contributed by atoms with Gasteiger partial charge in [0, 0.05) is 36.2 Å². The maximum atomic E-state index is 11.3. The fourth-order valence-electron chi connectivity index (χ4n) is 6.47. The Hall–Kier alpha value is -2.59. The summed E-state index contributed by atoms with van der Waals surface area (Å²) in [5.74, 6) is 1.33. The van der Waals surface area contributed by atoms with Crippen LogP contribution in [-0.4, -0.2) is 27.5 Å². The number of carboxylic acid groups (broad SMARTS) is 1. The minimum atomic E-state index is -0.850. The first-order chi connectivity index (χ1) is 15.1. The molecule has 0 radical (unpaired) electrons. The van der Waals surface area contributed by atoms with Gasteiger partial charge >= 0.3 is 5.97 Å². The molecule has 3 aliphatic rings. The van der Waals surface area contributed by atoms with E-state index in [1.165, 1.54) is 59.7 Å². The minimum absolute atomic E-state index is 0.375. The van der Waals surface area contributed by atoms with Gasteiger partial charge in [0.25, 0.3) is 0 Å². The predicted molar refractivity (Wildman–Crippen MR) is 122 cm³/mol. The molecule has 2 N–H and O–H groups in total. The Bertz CT molecular complexity index is 1140. The molecule has 4 nitrogen and oxygen atoms in total. The number of hydrogen-bond donors (Lipinski definition) is 2. The number of carboxylic acids is 1. The molecule has 2 aliphatic carbocycles. The lowest BCUT2D eigenvalue weighted by molar-refractivity contribution is 0.0697. The summed E-state index contributed by atoms with van der Waals surface area (Å²) < 4.78 is 0. The van der Waals surface area contributed by atoms with Crippen LogP contribution in [0.4, 0.5) is 0 Å². The van der Waals surface area contributed by atoms with Crippen LogP contribution < -0.4 is 0 Å². The van der Waals surface area contributed by atoms with Gasteiger partial charge in [0.05, 0.1) is 5.56 Å². The summed E-state index contributed by atoms with van der Waals surface area (Å²) in [5.41, 5.74) is 7.36. The average Bonchev–Trinajstić information content (AvgIpc) is 3.16. The van der Waals surface area contributed by atoms with Crippen molar-refractivity contribution in [1.82, 2.24) is 9.88 Å². The Labute approximate surface area is 183 Å². The third-order valence-electron chi connectivity index (χ3n) is 8.05. The van der Waals surface area contributed by atoms with Crippen molar-refractivity contribution < 1.29 is 9.90 Å². The topological polar surface area (TPSA) is 56.3 Å². The fraction of sp³-hybridized carbons (Fsp3) is 0.444. The molecule has 2 heterocycles. The molecule has 160 valence electrons. The average molecular weight is 415 g/mol. The molecular formula is C27H30N2O2. The standard InChI is InChI=1S/C27H30N2O2/c1-16-13-23(17-5-6-17)24(22-11-12-28-25(16)22)15-29-14-20-3-2-4-21(20)26(29)18-7-9-19(10-8-18)27(30)31/h7-13,17,20-21,26,28H,2-6,14-15H2,1H3,(H,30,31)/t20-,21-,26+/m0/s1. The second kappa shape index (κ2) is 7.23. The molecule has 0 spiro atoms. The number of benzene rings is 2. The molecule has 2 aromatic carbocycles. The van der Waals surface area contributed by atoms with Crippen LogP contribution in [0.3, 0.4) is 0 Å². The molecule has 0 unspecified atom stereocenters. The summed E-state index contributed by atoms with van der Waals surface area (Å²) in [7, 11) is 0. The van der Waals surface area contributed by atoms with Crippen LogP contribution in [0.5, 0.6) is 0 Å². The van der Waals surface area contributed by atoms with Gasteiger partial charge < -0.3 is 10.1 Å². The number of aromatic amines is 1. The van der Waals surface area contributed by atoms with Crippen LogP contribution in [0.2, 0.25) is 0 Å². The zero-order valence-electron chi connectivity index (χ0n) is 18.1. The number of aromatic carboxylic acids is 1. The molecule has 6 rings (SSSR count). The third-order valence-corrected chi connectivity index (χ3v) is 8.05. The highest BCUT2D eigenvalue weighted by atomic mass is 16.4. The van der Waals surface area contributed by atoms with Crippen molar-refractivity contribution in [2.75, 3.05) is 6.54 Å². The molecular weight excluding hydrogens is 384 g/mol. The van der Waals surface area contributed by atoms with E-state index in [0.29, 0.717) is 17.5 Å². The van der Waals surface area contributed by atoms with E-state index in [2.05, 4.69) is 47.3 Å². The van der Waals surface area contributed by atoms with Gasteiger partial charge in [-0.05, 0) is 90.8 Å². The zero-order chi connectivity index (χ0) is 21.1. The predicted octanol–water partition coefficient (Wildman–Crippen LogP) is 6.03. The van der Waals surface area contributed by atoms with Crippen molar-refractivity contribution >= 4 is 16.9 Å². The smallest absolute Gasteiger partial charge is 0.335 e. The Morgan fingerprint density at radius 2 is 1.94 bits per heavy atom. The summed E-state index contributed by atoms with van der Waals surface area (Å²) in [5, 5.41) is 10.7. The summed E-state index contributed by atoms with van der Waals surface area (Å²) in [4.78, 5) is 17.5. The number of aryl methyl sites for hydroxylation is 1. The van der Waals surface area contributed by atoms with Gasteiger partial charge in [0.1, 0.15) is 0 Å². The number of fused-ring (bicyclic) bond motifs is 2. The van der Waals surface area contributed by atoms with Crippen molar-refractivity contribution in [2.45, 2.75) is 57.5 Å². The van der Waals surface area contributed by atoms with Crippen LogP contribution in [0.25, 0.3) is 10.9 Å². The second-order valence-electron chi connectivity index (χ2n) is 9.96. The summed E-state index contributed by atoms with van der Waals surface area (Å²) in [6.45, 7) is 4.36. The van der Waals surface area contributed by atoms with E-state index >= 15 is 0 Å². The first-order valence-corrected chi connectivity index (χ1v) is 11.8. The number of hydrogen-bond acceptors (Lipinski definition) is 2. The molecule has 3 atom stereocenters. The molecule has 4 heteroatoms. The number of aromatic nitrogens is 1. The van der Waals surface area contributed by atoms with E-state index in [9.17, 15) is 9.90 Å². The van der Waals surface area contributed by atoms with E-state index in [0.717, 1.165) is 24.9 Å². The zero-order valence-corrected chi connectivity index (χ0v) is 18.1. The lowest BCUT2D eigenvalue weighted by Gasteiger charge is -2.30. The summed E-state index contributed by atoms with van der Waals surface area (Å²) in [6, 6.07) is 12.8. The Balaban J connectivity index is 1.40. The molecule has 0 bridgehead atoms. The van der Waals surface area contributed by atoms with Crippen LogP contribution in [0, 0.1) is 18.8 Å². The quantitative estimate of drug-likeness (QED) is 0.536. The van der Waals surface area contributed by atoms with E-state index in [-0.39, 0.29) is 0 Å². The van der Waals surface area contributed by atoms with Gasteiger partial charge in [0.2, 0.25) is 0 Å². The largest absolute Gasteiger partial charge is 0.478 e. The monoisotopic (exact) mass is 414 g/mol. The fourth-order valence-corrected chi connectivity index (χ4v) is 6.47. The van der Waals surface area contributed by atoms with E-state index in [4.69, 9.17) is 0 Å². The Morgan fingerprint density at radius 3 is 2.68 bits per heavy atom. The maximum absolute atomic E-state index is 11.3. The molecule has 1 saturated heterocycles. The number of nitrogens with one attached hydrogen (secondary N) is 1. The third kappa shape index (κ3) is 3.20. The normalized spacial score (nSPS) is 25.9. The van der Waals surface area contributed by atoms with Crippen molar-refractivity contribution in [3.05, 3.63) is 70.4 Å². The molecule has 2 saturated carbocycles. The minimum Gasteiger partial charge on any atom is -0.478 e. The summed E-state index contributed by atoms with van der Waals surface area (Å²) >= 11 is 0. The highest BCUT2D eigenvalue weighted by Crippen LogP contribution is 2.51. The SMILES string of the molecule is Cc1cc(C2CC2)c(CN2C[C@@H]3CCC[C@@H]3[C@H]2c2ccc(C(=O)O)cc2)c2cc[nH]c12. The van der Waals surface area contributed by atoms with Crippen LogP contribution in [0.15, 0.2) is 42.6 Å². The van der Waals surface area contributed by atoms with Crippen molar-refractivity contribution in [1.29, 1.82) is 0 Å². The van der Waals surface area contributed by atoms with Gasteiger partial charge in [0.15, 0.2) is 0 Å². The van der Waals surface area contributed by atoms with Crippen molar-refractivity contribution in [2.24, 2.45) is 11.8 Å². The molecule has 31 heavy (non-hydrogen) atoms. The van der Waals surface area contributed by atoms with Gasteiger partial charge in [-0.1, -0.05) is 24.6 Å². The van der Waals surface area contributed by atoms with Gasteiger partial charge in [-0.25, -0.2) is 4.79 Å². The van der Waals surface area contributed by atoms with Crippen LogP contribution in [0.1, 0.15) is 76.7 Å². The highest BCUT2D eigenvalue weighted by Gasteiger charge is 2.45. The van der Waals surface area contributed by atoms with Crippen molar-refractivity contribution in [3.8, 4) is 0 Å². The van der Waals surface area contributed by atoms with Gasteiger partial charge in [-0.2, -0.15) is 0 Å². The van der Waals surface area contributed by atoms with Gasteiger partial charge in [-0.15, -0.1) is 0 Å². The number of rotatable bonds is 5. The Morgan fingerprint density at radius 1 is 1.13 bits per heavy atom.